The second-order valence-electron chi connectivity index (χ2n) is 2.20. The average Bonchev–Trinajstić information content (AvgIpc) is 1.90. The van der Waals surface area contributed by atoms with Crippen molar-refractivity contribution in [1.82, 2.24) is 0 Å². The number of rotatable bonds is 1. The topological polar surface area (TPSA) is 26.0 Å². The molecule has 0 aromatic heterocycles. The molecule has 1 heteroatoms. The molecule has 2 N–H and O–H groups in total. The van der Waals surface area contributed by atoms with Gasteiger partial charge in [-0.1, -0.05) is 30.3 Å². The molecule has 0 aliphatic carbocycles. The van der Waals surface area contributed by atoms with Crippen molar-refractivity contribution in [3.8, 4) is 0 Å². The highest BCUT2D eigenvalue weighted by Crippen LogP contribution is 2.06. The van der Waals surface area contributed by atoms with Gasteiger partial charge in [-0.15, -0.1) is 0 Å². The van der Waals surface area contributed by atoms with Gasteiger partial charge >= 0.3 is 0 Å². The Balaban J connectivity index is 2.85. The fourth-order valence-corrected chi connectivity index (χ4v) is 0.757. The summed E-state index contributed by atoms with van der Waals surface area (Å²) < 4.78 is 0. The quantitative estimate of drug-likeness (QED) is 0.564. The summed E-state index contributed by atoms with van der Waals surface area (Å²) in [6.07, 6.45) is 0. The summed E-state index contributed by atoms with van der Waals surface area (Å²) in [6.45, 7) is 1.98. The zero-order valence-electron chi connectivity index (χ0n) is 5.54. The third kappa shape index (κ3) is 1.54. The molecule has 0 fully saturated rings. The number of hydrogen-bond acceptors (Lipinski definition) is 1. The second-order valence-corrected chi connectivity index (χ2v) is 2.20. The van der Waals surface area contributed by atoms with E-state index < -0.39 is 0 Å². The Morgan fingerprint density at radius 3 is 2.11 bits per heavy atom. The fourth-order valence-electron chi connectivity index (χ4n) is 0.757. The van der Waals surface area contributed by atoms with Crippen LogP contribution in [-0.4, -0.2) is 0 Å². The molecule has 0 radical (unpaired) electrons. The summed E-state index contributed by atoms with van der Waals surface area (Å²) in [5.41, 5.74) is 6.81. The first-order valence-corrected chi connectivity index (χ1v) is 3.11. The van der Waals surface area contributed by atoms with E-state index in [1.165, 1.54) is 5.56 Å². The second kappa shape index (κ2) is 2.65. The molecule has 0 saturated carbocycles. The van der Waals surface area contributed by atoms with Gasteiger partial charge in [0.25, 0.3) is 0 Å². The van der Waals surface area contributed by atoms with Crippen LogP contribution >= 0.6 is 0 Å². The molecule has 0 saturated heterocycles. The molecule has 1 aromatic carbocycles. The van der Waals surface area contributed by atoms with Crippen molar-refractivity contribution < 1.29 is 0 Å². The van der Waals surface area contributed by atoms with Gasteiger partial charge < -0.3 is 5.73 Å². The highest BCUT2D eigenvalue weighted by atomic mass is 15.4. The molecule has 1 aromatic rings. The first-order chi connectivity index (χ1) is 4.30. The van der Waals surface area contributed by atoms with Crippen LogP contribution in [0.5, 0.6) is 0 Å². The predicted molar refractivity (Wildman–Crippen MR) is 39.0 cm³/mol. The first-order valence-electron chi connectivity index (χ1n) is 3.11. The maximum absolute atomic E-state index is 5.61. The van der Waals surface area contributed by atoms with Crippen LogP contribution < -0.4 is 5.73 Å². The minimum atomic E-state index is 0.159. The van der Waals surface area contributed by atoms with E-state index >= 15 is 0 Å². The van der Waals surface area contributed by atoms with Gasteiger partial charge in [-0.25, -0.2) is 0 Å². The Labute approximate surface area is 55.5 Å². The number of hydrogen-bond donors (Lipinski definition) is 1. The molecule has 1 nitrogen and oxygen atoms in total. The van der Waals surface area contributed by atoms with Crippen LogP contribution in [0.2, 0.25) is 0 Å². The Morgan fingerprint density at radius 1 is 1.22 bits per heavy atom. The van der Waals surface area contributed by atoms with Crippen molar-refractivity contribution in [2.45, 2.75) is 13.0 Å². The summed E-state index contributed by atoms with van der Waals surface area (Å²) >= 11 is 0. The Bertz CT molecular complexity index is 167. The van der Waals surface area contributed by atoms with Gasteiger partial charge in [0.05, 0.1) is 0 Å². The normalized spacial score (nSPS) is 13.1. The van der Waals surface area contributed by atoms with E-state index in [1.807, 2.05) is 37.3 Å². The minimum Gasteiger partial charge on any atom is -0.324 e. The maximum atomic E-state index is 5.61. The predicted octanol–water partition coefficient (Wildman–Crippen LogP) is 1.71. The van der Waals surface area contributed by atoms with Crippen LogP contribution in [0.15, 0.2) is 30.3 Å². The summed E-state index contributed by atoms with van der Waals surface area (Å²) in [7, 11) is 0. The lowest BCUT2D eigenvalue weighted by atomic mass is 10.1. The molecular formula is C8H11N. The average molecular weight is 122 g/mol. The first kappa shape index (κ1) is 6.30. The molecule has 0 bridgehead atoms. The summed E-state index contributed by atoms with van der Waals surface area (Å²) in [5.74, 6) is 0. The van der Waals surface area contributed by atoms with Gasteiger partial charge in [0.2, 0.25) is 0 Å². The van der Waals surface area contributed by atoms with E-state index in [0.717, 1.165) is 0 Å². The lowest BCUT2D eigenvalue weighted by Gasteiger charge is -2.02. The maximum Gasteiger partial charge on any atom is 0.0266 e. The largest absolute Gasteiger partial charge is 0.324 e. The van der Waals surface area contributed by atoms with E-state index in [1.54, 1.807) is 0 Å². The van der Waals surface area contributed by atoms with Crippen LogP contribution in [-0.2, 0) is 0 Å². The minimum absolute atomic E-state index is 0.159. The van der Waals surface area contributed by atoms with Crippen molar-refractivity contribution in [1.29, 1.82) is 0 Å². The molecule has 9 heavy (non-hydrogen) atoms. The van der Waals surface area contributed by atoms with Crippen LogP contribution in [0.4, 0.5) is 0 Å². The van der Waals surface area contributed by atoms with Gasteiger partial charge in [-0.2, -0.15) is 0 Å². The summed E-state index contributed by atoms with van der Waals surface area (Å²) in [5, 5.41) is 0. The molecule has 0 amide bonds. The third-order valence-electron chi connectivity index (χ3n) is 1.33. The molecule has 0 aliphatic rings. The van der Waals surface area contributed by atoms with Crippen LogP contribution in [0, 0.1) is 0 Å². The SMILES string of the molecule is C[C@H]([15NH2])c1ccccc1. The van der Waals surface area contributed by atoms with Crippen LogP contribution in [0.25, 0.3) is 0 Å². The fraction of sp³-hybridized carbons (Fsp3) is 0.250. The highest BCUT2D eigenvalue weighted by Gasteiger charge is 1.93. The van der Waals surface area contributed by atoms with E-state index in [4.69, 9.17) is 5.73 Å². The monoisotopic (exact) mass is 122 g/mol. The Kier molecular flexibility index (Phi) is 1.85. The van der Waals surface area contributed by atoms with Gasteiger partial charge in [0.1, 0.15) is 0 Å². The van der Waals surface area contributed by atoms with Gasteiger partial charge in [-0.05, 0) is 12.5 Å². The van der Waals surface area contributed by atoms with E-state index in [0.29, 0.717) is 0 Å². The Hall–Kier alpha value is -0.820. The molecular weight excluding hydrogens is 111 g/mol. The molecule has 0 unspecified atom stereocenters. The zero-order valence-corrected chi connectivity index (χ0v) is 5.54. The number of nitrogens with two attached hydrogens (primary N) is 1. The lowest BCUT2D eigenvalue weighted by Crippen LogP contribution is -2.03. The summed E-state index contributed by atoms with van der Waals surface area (Å²) in [4.78, 5) is 0. The standard InChI is InChI=1S/C8H11N/c1-7(9)8-5-3-2-4-6-8/h2-7H,9H2,1H3/t7-/m0/s1/i9+1. The van der Waals surface area contributed by atoms with Crippen molar-refractivity contribution >= 4 is 0 Å². The van der Waals surface area contributed by atoms with E-state index in [9.17, 15) is 0 Å². The van der Waals surface area contributed by atoms with Crippen molar-refractivity contribution in [3.05, 3.63) is 35.9 Å². The van der Waals surface area contributed by atoms with Crippen LogP contribution in [0.3, 0.4) is 0 Å². The molecule has 0 heterocycles. The summed E-state index contributed by atoms with van der Waals surface area (Å²) in [6, 6.07) is 10.2. The molecule has 0 spiro atoms. The molecule has 1 rings (SSSR count). The molecule has 1 atom stereocenters. The highest BCUT2D eigenvalue weighted by molar-refractivity contribution is 5.17. The Morgan fingerprint density at radius 2 is 1.78 bits per heavy atom. The van der Waals surface area contributed by atoms with Gasteiger partial charge in [0, 0.05) is 6.04 Å². The molecule has 48 valence electrons. The molecule has 0 aliphatic heterocycles. The van der Waals surface area contributed by atoms with E-state index in [-0.39, 0.29) is 6.04 Å². The van der Waals surface area contributed by atoms with Gasteiger partial charge in [-0.3, -0.25) is 0 Å². The van der Waals surface area contributed by atoms with Crippen molar-refractivity contribution in [3.63, 3.8) is 0 Å². The van der Waals surface area contributed by atoms with Crippen molar-refractivity contribution in [2.75, 3.05) is 0 Å². The van der Waals surface area contributed by atoms with Gasteiger partial charge in [0.15, 0.2) is 0 Å². The smallest absolute Gasteiger partial charge is 0.0266 e. The van der Waals surface area contributed by atoms with E-state index in [2.05, 4.69) is 0 Å². The third-order valence-corrected chi connectivity index (χ3v) is 1.33. The lowest BCUT2D eigenvalue weighted by molar-refractivity contribution is 0.818. The number of benzene rings is 1. The van der Waals surface area contributed by atoms with Crippen LogP contribution in [0.1, 0.15) is 18.5 Å². The zero-order chi connectivity index (χ0) is 6.69. The van der Waals surface area contributed by atoms with Crippen molar-refractivity contribution in [2.24, 2.45) is 5.73 Å².